The van der Waals surface area contributed by atoms with Crippen molar-refractivity contribution in [1.82, 2.24) is 0 Å². The van der Waals surface area contributed by atoms with Crippen LogP contribution in [0.1, 0.15) is 84.0 Å². The number of unbranched alkanes of at least 4 members (excludes halogenated alkanes) is 8. The normalized spacial score (nSPS) is 13.5. The second kappa shape index (κ2) is 23.8. The average molecular weight is 403 g/mol. The third-order valence-electron chi connectivity index (χ3n) is 4.16. The first-order chi connectivity index (χ1) is 13.5. The lowest BCUT2D eigenvalue weighted by molar-refractivity contribution is -0.137. The Morgan fingerprint density at radius 3 is 1.68 bits per heavy atom. The molecule has 166 valence electrons. The first kappa shape index (κ1) is 29.0. The summed E-state index contributed by atoms with van der Waals surface area (Å²) in [5.41, 5.74) is 0. The number of hydrogen-bond acceptors (Lipinski definition) is 5. The van der Waals surface area contributed by atoms with Crippen LogP contribution < -0.4 is 0 Å². The first-order valence-electron chi connectivity index (χ1n) is 10.6. The van der Waals surface area contributed by atoms with Crippen LogP contribution in [-0.4, -0.2) is 56.9 Å². The first-order valence-corrected chi connectivity index (χ1v) is 10.6. The highest BCUT2D eigenvalue weighted by Crippen LogP contribution is 2.08. The summed E-state index contributed by atoms with van der Waals surface area (Å²) >= 11 is 0. The second-order valence-electron chi connectivity index (χ2n) is 6.87. The molecule has 2 atom stereocenters. The van der Waals surface area contributed by atoms with Crippen molar-refractivity contribution in [3.8, 4) is 0 Å². The molecular formula is C22H42O6. The zero-order valence-corrected chi connectivity index (χ0v) is 17.5. The minimum Gasteiger partial charge on any atom is -0.481 e. The largest absolute Gasteiger partial charge is 0.481 e. The fourth-order valence-electron chi connectivity index (χ4n) is 2.33. The van der Waals surface area contributed by atoms with Crippen molar-refractivity contribution in [1.29, 1.82) is 0 Å². The number of aliphatic hydroxyl groups is 4. The van der Waals surface area contributed by atoms with E-state index in [1.54, 1.807) is 0 Å². The van der Waals surface area contributed by atoms with Gasteiger partial charge in [-0.3, -0.25) is 4.79 Å². The van der Waals surface area contributed by atoms with Gasteiger partial charge < -0.3 is 25.5 Å². The van der Waals surface area contributed by atoms with E-state index in [0.29, 0.717) is 6.42 Å². The van der Waals surface area contributed by atoms with Gasteiger partial charge in [-0.25, -0.2) is 0 Å². The quantitative estimate of drug-likeness (QED) is 0.187. The molecule has 0 bridgehead atoms. The van der Waals surface area contributed by atoms with Crippen molar-refractivity contribution in [2.45, 2.75) is 96.2 Å². The molecule has 0 aromatic heterocycles. The van der Waals surface area contributed by atoms with Gasteiger partial charge in [0.2, 0.25) is 0 Å². The van der Waals surface area contributed by atoms with Gasteiger partial charge in [0.1, 0.15) is 12.2 Å². The van der Waals surface area contributed by atoms with Crippen molar-refractivity contribution in [2.75, 3.05) is 13.2 Å². The summed E-state index contributed by atoms with van der Waals surface area (Å²) in [7, 11) is 0. The summed E-state index contributed by atoms with van der Waals surface area (Å²) in [6.45, 7) is 1.18. The van der Waals surface area contributed by atoms with Crippen LogP contribution in [-0.2, 0) is 4.79 Å². The smallest absolute Gasteiger partial charge is 0.303 e. The summed E-state index contributed by atoms with van der Waals surface area (Å²) in [5, 5.41) is 41.7. The van der Waals surface area contributed by atoms with E-state index in [1.165, 1.54) is 44.9 Å². The molecule has 0 saturated heterocycles. The van der Waals surface area contributed by atoms with Gasteiger partial charge in [-0.15, -0.1) is 0 Å². The molecular weight excluding hydrogens is 360 g/mol. The molecule has 0 fully saturated rings. The highest BCUT2D eigenvalue weighted by Gasteiger charge is 2.12. The lowest BCUT2D eigenvalue weighted by atomic mass is 10.1. The maximum atomic E-state index is 10.3. The van der Waals surface area contributed by atoms with Crippen LogP contribution in [0.5, 0.6) is 0 Å². The zero-order valence-electron chi connectivity index (χ0n) is 17.5. The second-order valence-corrected chi connectivity index (χ2v) is 6.87. The summed E-state index contributed by atoms with van der Waals surface area (Å²) < 4.78 is 0. The van der Waals surface area contributed by atoms with Crippen molar-refractivity contribution in [2.24, 2.45) is 0 Å². The Kier molecular flexibility index (Phi) is 24.7. The highest BCUT2D eigenvalue weighted by molar-refractivity contribution is 5.66. The standard InChI is InChI=1S/C18H32O2.C4H10O4/c1-2-3-4-5-6-7-8-9-10-11-12-13-14-15-16-17-18(19)20;5-1-3(7)4(8)2-6/h6-7,9-10H,2-5,8,11-17H2,1H3,(H,19,20);3-8H,1-2H2/b7-6-,10-9-;. The molecule has 28 heavy (non-hydrogen) atoms. The Morgan fingerprint density at radius 1 is 0.750 bits per heavy atom. The fraction of sp³-hybridized carbons (Fsp3) is 0.773. The summed E-state index contributed by atoms with van der Waals surface area (Å²) in [6, 6.07) is 0. The van der Waals surface area contributed by atoms with Crippen LogP contribution >= 0.6 is 0 Å². The summed E-state index contributed by atoms with van der Waals surface area (Å²) in [6.07, 6.45) is 19.8. The molecule has 0 rings (SSSR count). The molecule has 0 aliphatic carbocycles. The van der Waals surface area contributed by atoms with Gasteiger partial charge in [0.05, 0.1) is 13.2 Å². The van der Waals surface area contributed by atoms with E-state index in [-0.39, 0.29) is 0 Å². The molecule has 6 nitrogen and oxygen atoms in total. The Labute approximate surface area is 170 Å². The Bertz CT molecular complexity index is 373. The van der Waals surface area contributed by atoms with Gasteiger partial charge in [0.15, 0.2) is 0 Å². The number of hydrogen-bond donors (Lipinski definition) is 5. The minimum atomic E-state index is -1.22. The molecule has 6 heteroatoms. The maximum absolute atomic E-state index is 10.3. The van der Waals surface area contributed by atoms with Crippen molar-refractivity contribution >= 4 is 5.97 Å². The lowest BCUT2D eigenvalue weighted by Gasteiger charge is -2.10. The molecule has 0 amide bonds. The number of rotatable bonds is 17. The van der Waals surface area contributed by atoms with Crippen molar-refractivity contribution in [3.63, 3.8) is 0 Å². The van der Waals surface area contributed by atoms with Gasteiger partial charge >= 0.3 is 5.97 Å². The van der Waals surface area contributed by atoms with Gasteiger partial charge in [-0.2, -0.15) is 0 Å². The molecule has 0 spiro atoms. The lowest BCUT2D eigenvalue weighted by Crippen LogP contribution is -2.31. The number of aliphatic hydroxyl groups excluding tert-OH is 4. The molecule has 0 aliphatic rings. The minimum absolute atomic E-state index is 0.324. The van der Waals surface area contributed by atoms with E-state index in [0.717, 1.165) is 25.7 Å². The predicted molar refractivity (Wildman–Crippen MR) is 113 cm³/mol. The van der Waals surface area contributed by atoms with E-state index in [1.807, 2.05) is 0 Å². The monoisotopic (exact) mass is 402 g/mol. The van der Waals surface area contributed by atoms with Crippen LogP contribution in [0.15, 0.2) is 24.3 Å². The Morgan fingerprint density at radius 2 is 1.21 bits per heavy atom. The van der Waals surface area contributed by atoms with E-state index in [4.69, 9.17) is 25.5 Å². The molecule has 0 radical (unpaired) electrons. The number of carboxylic acids is 1. The number of aliphatic carboxylic acids is 1. The van der Waals surface area contributed by atoms with E-state index < -0.39 is 31.4 Å². The molecule has 0 heterocycles. The van der Waals surface area contributed by atoms with Crippen molar-refractivity contribution in [3.05, 3.63) is 24.3 Å². The molecule has 5 N–H and O–H groups in total. The van der Waals surface area contributed by atoms with Crippen LogP contribution in [0.4, 0.5) is 0 Å². The van der Waals surface area contributed by atoms with Crippen molar-refractivity contribution < 1.29 is 30.3 Å². The molecule has 0 aliphatic heterocycles. The van der Waals surface area contributed by atoms with E-state index in [2.05, 4.69) is 31.2 Å². The van der Waals surface area contributed by atoms with Gasteiger partial charge in [-0.05, 0) is 38.5 Å². The van der Waals surface area contributed by atoms with Gasteiger partial charge in [-0.1, -0.05) is 63.3 Å². The van der Waals surface area contributed by atoms with Crippen LogP contribution in [0, 0.1) is 0 Å². The maximum Gasteiger partial charge on any atom is 0.303 e. The Balaban J connectivity index is 0. The topological polar surface area (TPSA) is 118 Å². The van der Waals surface area contributed by atoms with Gasteiger partial charge in [0.25, 0.3) is 0 Å². The van der Waals surface area contributed by atoms with E-state index in [9.17, 15) is 4.79 Å². The van der Waals surface area contributed by atoms with Crippen LogP contribution in [0.2, 0.25) is 0 Å². The van der Waals surface area contributed by atoms with E-state index >= 15 is 0 Å². The van der Waals surface area contributed by atoms with Crippen LogP contribution in [0.25, 0.3) is 0 Å². The SMILES string of the molecule is CCCCC/C=C\C/C=C\CCCCCCCC(=O)O.OCC(O)C(O)CO. The predicted octanol–water partition coefficient (Wildman–Crippen LogP) is 3.58. The third kappa shape index (κ3) is 24.8. The molecule has 2 unspecified atom stereocenters. The number of allylic oxidation sites excluding steroid dienone is 4. The number of carboxylic acid groups (broad SMARTS) is 1. The third-order valence-corrected chi connectivity index (χ3v) is 4.16. The zero-order chi connectivity index (χ0) is 21.5. The number of carbonyl (C=O) groups is 1. The molecule has 0 aromatic rings. The Hall–Kier alpha value is -1.21. The summed E-state index contributed by atoms with van der Waals surface area (Å²) in [4.78, 5) is 10.3. The average Bonchev–Trinajstić information content (AvgIpc) is 2.69. The summed E-state index contributed by atoms with van der Waals surface area (Å²) in [5.74, 6) is -0.671. The fourth-order valence-corrected chi connectivity index (χ4v) is 2.33. The molecule has 0 saturated carbocycles. The highest BCUT2D eigenvalue weighted by atomic mass is 16.4. The van der Waals surface area contributed by atoms with Gasteiger partial charge in [0, 0.05) is 6.42 Å². The van der Waals surface area contributed by atoms with Crippen LogP contribution in [0.3, 0.4) is 0 Å². The molecule has 0 aromatic carbocycles.